The van der Waals surface area contributed by atoms with E-state index < -0.39 is 5.60 Å². The number of rotatable bonds is 6. The Labute approximate surface area is 186 Å². The van der Waals surface area contributed by atoms with Gasteiger partial charge in [0.1, 0.15) is 22.1 Å². The summed E-state index contributed by atoms with van der Waals surface area (Å²) in [5, 5.41) is 6.68. The maximum atomic E-state index is 12.6. The molecule has 0 aliphatic carbocycles. The van der Waals surface area contributed by atoms with Crippen LogP contribution in [0.15, 0.2) is 77.5 Å². The molecule has 0 bridgehead atoms. The number of fused-ring (bicyclic) bond motifs is 1. The second kappa shape index (κ2) is 8.56. The van der Waals surface area contributed by atoms with Gasteiger partial charge in [-0.1, -0.05) is 36.4 Å². The van der Waals surface area contributed by atoms with E-state index in [1.165, 1.54) is 4.90 Å². The van der Waals surface area contributed by atoms with E-state index in [9.17, 15) is 4.79 Å². The number of aryl methyl sites for hydroxylation is 2. The summed E-state index contributed by atoms with van der Waals surface area (Å²) < 4.78 is 11.7. The predicted molar refractivity (Wildman–Crippen MR) is 128 cm³/mol. The van der Waals surface area contributed by atoms with Crippen molar-refractivity contribution in [1.82, 2.24) is 0 Å². The lowest BCUT2D eigenvalue weighted by Crippen LogP contribution is -2.28. The molecule has 0 fully saturated rings. The number of thiophene rings is 1. The van der Waals surface area contributed by atoms with Crippen LogP contribution in [-0.4, -0.2) is 12.6 Å². The molecule has 158 valence electrons. The summed E-state index contributed by atoms with van der Waals surface area (Å²) in [4.78, 5) is 13.9. The molecule has 1 aromatic heterocycles. The molecule has 4 aromatic rings. The first-order valence-corrected chi connectivity index (χ1v) is 11.7. The molecule has 0 unspecified atom stereocenters. The molecule has 0 radical (unpaired) electrons. The van der Waals surface area contributed by atoms with E-state index >= 15 is 0 Å². The van der Waals surface area contributed by atoms with Gasteiger partial charge in [0.05, 0.1) is 0 Å². The summed E-state index contributed by atoms with van der Waals surface area (Å²) >= 11 is 0. The Morgan fingerprint density at radius 2 is 1.52 bits per heavy atom. The van der Waals surface area contributed by atoms with E-state index in [4.69, 9.17) is 9.47 Å². The third-order valence-electron chi connectivity index (χ3n) is 5.42. The van der Waals surface area contributed by atoms with Crippen molar-refractivity contribution in [3.63, 3.8) is 0 Å². The van der Waals surface area contributed by atoms with Gasteiger partial charge in [0, 0.05) is 22.6 Å². The Kier molecular flexibility index (Phi) is 5.84. The largest absolute Gasteiger partial charge is 0.481 e. The highest BCUT2D eigenvalue weighted by Crippen LogP contribution is 2.36. The zero-order valence-corrected chi connectivity index (χ0v) is 19.2. The van der Waals surface area contributed by atoms with Gasteiger partial charge in [0.15, 0.2) is 11.5 Å². The fourth-order valence-electron chi connectivity index (χ4n) is 3.80. The van der Waals surface area contributed by atoms with Gasteiger partial charge in [-0.15, -0.1) is 0 Å². The van der Waals surface area contributed by atoms with Crippen molar-refractivity contribution in [1.29, 1.82) is 0 Å². The van der Waals surface area contributed by atoms with Crippen LogP contribution in [0.1, 0.15) is 30.5 Å². The van der Waals surface area contributed by atoms with Crippen molar-refractivity contribution in [2.45, 2.75) is 33.3 Å². The van der Waals surface area contributed by atoms with Crippen LogP contribution in [-0.2, 0) is 15.1 Å². The lowest BCUT2D eigenvalue weighted by Gasteiger charge is -2.26. The van der Waals surface area contributed by atoms with Crippen molar-refractivity contribution >= 4 is 27.2 Å². The summed E-state index contributed by atoms with van der Waals surface area (Å²) in [7, 11) is 0.0146. The Balaban J connectivity index is 1.44. The first-order valence-electron chi connectivity index (χ1n) is 10.4. The van der Waals surface area contributed by atoms with E-state index in [0.29, 0.717) is 0 Å². The molecule has 0 N–H and O–H groups in total. The molecule has 4 rings (SSSR count). The molecule has 0 aliphatic rings. The lowest BCUT2D eigenvalue weighted by molar-refractivity contribution is -0.159. The van der Waals surface area contributed by atoms with Crippen LogP contribution in [0.3, 0.4) is 0 Å². The Morgan fingerprint density at radius 1 is 0.871 bits per heavy atom. The molecule has 31 heavy (non-hydrogen) atoms. The van der Waals surface area contributed by atoms with Crippen LogP contribution in [0.2, 0.25) is 0 Å². The molecule has 3 aromatic carbocycles. The van der Waals surface area contributed by atoms with Gasteiger partial charge in [-0.2, -0.15) is 0 Å². The molecule has 0 spiro atoms. The third kappa shape index (κ3) is 4.64. The van der Waals surface area contributed by atoms with E-state index in [0.717, 1.165) is 33.2 Å². The normalized spacial score (nSPS) is 11.5. The van der Waals surface area contributed by atoms with E-state index in [-0.39, 0.29) is 23.0 Å². The van der Waals surface area contributed by atoms with Crippen molar-refractivity contribution < 1.29 is 14.3 Å². The van der Waals surface area contributed by atoms with Gasteiger partial charge >= 0.3 is 5.97 Å². The Morgan fingerprint density at radius 3 is 2.19 bits per heavy atom. The first-order chi connectivity index (χ1) is 14.8. The number of carbonyl (C=O) groups excluding carboxylic acids is 1. The van der Waals surface area contributed by atoms with Crippen molar-refractivity contribution in [2.24, 2.45) is 0 Å². The highest BCUT2D eigenvalue weighted by molar-refractivity contribution is 7.36. The molecule has 1 heterocycles. The van der Waals surface area contributed by atoms with Crippen LogP contribution in [0.5, 0.6) is 5.75 Å². The van der Waals surface area contributed by atoms with Crippen LogP contribution in [0, 0.1) is 13.8 Å². The van der Waals surface area contributed by atoms with Gasteiger partial charge in [0.25, 0.3) is 0 Å². The average molecular weight is 432 g/mol. The highest BCUT2D eigenvalue weighted by atomic mass is 32.2. The van der Waals surface area contributed by atoms with E-state index in [1.807, 2.05) is 45.9 Å². The quantitative estimate of drug-likeness (QED) is 0.242. The first kappa shape index (κ1) is 21.1. The fourth-order valence-corrected chi connectivity index (χ4v) is 5.36. The molecule has 0 atom stereocenters. The molecular formula is C27H27O3S+. The second-order valence-electron chi connectivity index (χ2n) is 8.25. The van der Waals surface area contributed by atoms with Crippen LogP contribution < -0.4 is 4.74 Å². The predicted octanol–water partition coefficient (Wildman–Crippen LogP) is 7.05. The van der Waals surface area contributed by atoms with Gasteiger partial charge < -0.3 is 9.47 Å². The summed E-state index contributed by atoms with van der Waals surface area (Å²) in [5.74, 6) is 0.365. The topological polar surface area (TPSA) is 35.5 Å². The van der Waals surface area contributed by atoms with E-state index in [1.54, 1.807) is 0 Å². The van der Waals surface area contributed by atoms with Crippen molar-refractivity contribution in [2.75, 3.05) is 6.61 Å². The molecule has 0 aliphatic heterocycles. The number of carbonyl (C=O) groups is 1. The number of hydrogen-bond acceptors (Lipinski definition) is 3. The molecular weight excluding hydrogens is 404 g/mol. The molecule has 0 saturated carbocycles. The Bertz CT molecular complexity index is 1200. The number of esters is 1. The minimum Gasteiger partial charge on any atom is -0.481 e. The minimum absolute atomic E-state index is 0.0146. The standard InChI is InChI=1S/C27H27O3S/c1-19-15-24(31-13-7-8-14-31)16-20(2)26(19)29-18-25(28)30-27(3,4)23-12-11-21-9-5-6-10-22(21)17-23/h5-17H,18H2,1-4H3/q+1. The maximum Gasteiger partial charge on any atom is 0.345 e. The summed E-state index contributed by atoms with van der Waals surface area (Å²) in [5.41, 5.74) is 2.26. The zero-order valence-electron chi connectivity index (χ0n) is 18.3. The highest BCUT2D eigenvalue weighted by Gasteiger charge is 2.26. The SMILES string of the molecule is Cc1cc(-[s+]2cccc2)cc(C)c1OCC(=O)OC(C)(C)c1ccc2ccccc2c1. The van der Waals surface area contributed by atoms with Crippen molar-refractivity contribution in [3.05, 3.63) is 94.2 Å². The Hall–Kier alpha value is -3.11. The van der Waals surface area contributed by atoms with Gasteiger partial charge in [-0.3, -0.25) is 0 Å². The van der Waals surface area contributed by atoms with Crippen molar-refractivity contribution in [3.8, 4) is 10.6 Å². The lowest BCUT2D eigenvalue weighted by atomic mass is 9.95. The minimum atomic E-state index is -0.749. The number of benzene rings is 3. The average Bonchev–Trinajstić information content (AvgIpc) is 3.27. The van der Waals surface area contributed by atoms with Crippen LogP contribution in [0.4, 0.5) is 0 Å². The summed E-state index contributed by atoms with van der Waals surface area (Å²) in [6.07, 6.45) is 0. The zero-order chi connectivity index (χ0) is 22.0. The summed E-state index contributed by atoms with van der Waals surface area (Å²) in [6, 6.07) is 22.7. The van der Waals surface area contributed by atoms with Crippen LogP contribution in [0.25, 0.3) is 15.7 Å². The van der Waals surface area contributed by atoms with Gasteiger partial charge in [0.2, 0.25) is 0 Å². The number of hydrogen-bond donors (Lipinski definition) is 0. The molecule has 0 saturated heterocycles. The second-order valence-corrected chi connectivity index (χ2v) is 10.0. The molecule has 0 amide bonds. The van der Waals surface area contributed by atoms with Gasteiger partial charge in [-0.05, 0) is 73.4 Å². The summed E-state index contributed by atoms with van der Waals surface area (Å²) in [6.45, 7) is 7.73. The smallest absolute Gasteiger partial charge is 0.345 e. The molecule has 3 nitrogen and oxygen atoms in total. The van der Waals surface area contributed by atoms with E-state index in [2.05, 4.69) is 59.3 Å². The third-order valence-corrected chi connectivity index (χ3v) is 7.10. The monoisotopic (exact) mass is 431 g/mol. The van der Waals surface area contributed by atoms with Crippen LogP contribution >= 0.6 is 10.5 Å². The maximum absolute atomic E-state index is 12.6. The van der Waals surface area contributed by atoms with Gasteiger partial charge in [-0.25, -0.2) is 4.79 Å². The fraction of sp³-hybridized carbons (Fsp3) is 0.222. The molecule has 4 heteroatoms. The number of ether oxygens (including phenoxy) is 2.